The number of fused-ring (bicyclic) bond motifs is 1. The first-order valence-corrected chi connectivity index (χ1v) is 20.0. The minimum Gasteiger partial charge on any atom is -0.363 e. The summed E-state index contributed by atoms with van der Waals surface area (Å²) in [6, 6.07) is -0.714. The summed E-state index contributed by atoms with van der Waals surface area (Å²) >= 11 is 0. The molecule has 0 aromatic heterocycles. The molecule has 5 atom stereocenters. The average Bonchev–Trinajstić information content (AvgIpc) is 3.76. The number of nitrogens with two attached hydrogens (primary N) is 1. The molecule has 51 heavy (non-hydrogen) atoms. The quantitative estimate of drug-likeness (QED) is 0.245. The van der Waals surface area contributed by atoms with Crippen LogP contribution in [0.4, 0.5) is 0 Å². The molecule has 2 saturated heterocycles. The zero-order valence-electron chi connectivity index (χ0n) is 32.4. The van der Waals surface area contributed by atoms with Gasteiger partial charge in [0.1, 0.15) is 5.78 Å². The lowest BCUT2D eigenvalue weighted by molar-refractivity contribution is -0.147. The van der Waals surface area contributed by atoms with Crippen molar-refractivity contribution >= 4 is 35.1 Å². The molecule has 2 heterocycles. The van der Waals surface area contributed by atoms with Gasteiger partial charge in [-0.15, -0.1) is 0 Å². The van der Waals surface area contributed by atoms with E-state index in [-0.39, 0.29) is 70.3 Å². The normalized spacial score (nSPS) is 29.0. The van der Waals surface area contributed by atoms with Gasteiger partial charge in [0.2, 0.25) is 17.6 Å². The molecular weight excluding hydrogens is 644 g/mol. The van der Waals surface area contributed by atoms with Crippen molar-refractivity contribution < 1.29 is 28.8 Å². The van der Waals surface area contributed by atoms with E-state index >= 15 is 0 Å². The standard InChI is InChI=1S/C41H64N4O6/c1-25(2)29(35(50)44-17-16-43-39(23-44)14-15-39)20-28(46)21-30(37(3,4)5)36(51)45-24-41(38(6,7)40(41)12-9-13-40)22-31(45)32(47)19-27(33(48)34(42)49)18-26-10-8-11-26/h25-27,29-31,43H,8-24H2,1-7H3,(H2,42,49)/t27?,29-,30+,31-,41+/m0/s1. The molecule has 6 rings (SSSR count). The minimum atomic E-state index is -1.01. The molecule has 3 amide bonds. The second-order valence-electron chi connectivity index (χ2n) is 19.6. The summed E-state index contributed by atoms with van der Waals surface area (Å²) in [5, 5.41) is 3.55. The first-order valence-electron chi connectivity index (χ1n) is 20.0. The van der Waals surface area contributed by atoms with Crippen LogP contribution in [0.2, 0.25) is 0 Å². The summed E-state index contributed by atoms with van der Waals surface area (Å²) < 4.78 is 0. The molecule has 0 bridgehead atoms. The Labute approximate surface area is 305 Å². The van der Waals surface area contributed by atoms with Crippen molar-refractivity contribution in [3.63, 3.8) is 0 Å². The van der Waals surface area contributed by atoms with Crippen LogP contribution < -0.4 is 11.1 Å². The topological polar surface area (TPSA) is 147 Å². The Balaban J connectivity index is 1.22. The Morgan fingerprint density at radius 1 is 0.863 bits per heavy atom. The fourth-order valence-electron chi connectivity index (χ4n) is 11.1. The lowest BCUT2D eigenvalue weighted by atomic mass is 9.73. The van der Waals surface area contributed by atoms with Crippen molar-refractivity contribution in [3.05, 3.63) is 0 Å². The van der Waals surface area contributed by atoms with Crippen LogP contribution in [0, 0.1) is 51.2 Å². The van der Waals surface area contributed by atoms with Crippen LogP contribution in [0.1, 0.15) is 132 Å². The summed E-state index contributed by atoms with van der Waals surface area (Å²) in [5.74, 6) is -3.75. The van der Waals surface area contributed by atoms with E-state index in [1.54, 1.807) is 4.90 Å². The molecule has 0 radical (unpaired) electrons. The second kappa shape index (κ2) is 13.3. The van der Waals surface area contributed by atoms with E-state index in [0.717, 1.165) is 57.9 Å². The van der Waals surface area contributed by atoms with Gasteiger partial charge in [0.15, 0.2) is 5.78 Å². The zero-order chi connectivity index (χ0) is 37.3. The number of rotatable bonds is 14. The van der Waals surface area contributed by atoms with Crippen LogP contribution in [-0.4, -0.2) is 82.6 Å². The Morgan fingerprint density at radius 3 is 2.02 bits per heavy atom. The van der Waals surface area contributed by atoms with E-state index < -0.39 is 40.9 Å². The number of nitrogens with one attached hydrogen (secondary N) is 1. The maximum Gasteiger partial charge on any atom is 0.285 e. The van der Waals surface area contributed by atoms with Gasteiger partial charge >= 0.3 is 0 Å². The maximum atomic E-state index is 14.9. The molecule has 3 spiro atoms. The number of primary amides is 1. The highest BCUT2D eigenvalue weighted by atomic mass is 16.2. The number of carbonyl (C=O) groups is 6. The molecule has 2 aliphatic heterocycles. The van der Waals surface area contributed by atoms with Crippen molar-refractivity contribution in [3.8, 4) is 0 Å². The predicted octanol–water partition coefficient (Wildman–Crippen LogP) is 4.85. The number of hydrogen-bond acceptors (Lipinski definition) is 7. The van der Waals surface area contributed by atoms with Gasteiger partial charge in [-0.1, -0.05) is 74.1 Å². The summed E-state index contributed by atoms with van der Waals surface area (Å²) in [6.45, 7) is 17.0. The van der Waals surface area contributed by atoms with E-state index in [1.807, 2.05) is 39.5 Å². The summed E-state index contributed by atoms with van der Waals surface area (Å²) in [4.78, 5) is 85.9. The average molecular weight is 709 g/mol. The van der Waals surface area contributed by atoms with Crippen LogP contribution in [-0.2, 0) is 28.8 Å². The fraction of sp³-hybridized carbons (Fsp3) is 0.854. The van der Waals surface area contributed by atoms with Crippen LogP contribution in [0.5, 0.6) is 0 Å². The third-order valence-electron chi connectivity index (χ3n) is 15.3. The van der Waals surface area contributed by atoms with E-state index in [9.17, 15) is 28.8 Å². The molecule has 10 nitrogen and oxygen atoms in total. The molecule has 6 fully saturated rings. The van der Waals surface area contributed by atoms with E-state index in [1.165, 1.54) is 0 Å². The molecular formula is C41H64N4O6. The first-order chi connectivity index (χ1) is 23.8. The van der Waals surface area contributed by atoms with Gasteiger partial charge in [0.25, 0.3) is 5.91 Å². The Hall–Kier alpha value is -2.62. The van der Waals surface area contributed by atoms with Crippen LogP contribution >= 0.6 is 0 Å². The number of piperazine rings is 1. The lowest BCUT2D eigenvalue weighted by Gasteiger charge is -2.37. The van der Waals surface area contributed by atoms with Crippen molar-refractivity contribution in [1.29, 1.82) is 0 Å². The van der Waals surface area contributed by atoms with Gasteiger partial charge < -0.3 is 20.9 Å². The van der Waals surface area contributed by atoms with Gasteiger partial charge in [-0.2, -0.15) is 0 Å². The van der Waals surface area contributed by atoms with Gasteiger partial charge in [-0.05, 0) is 66.6 Å². The Bertz CT molecular complexity index is 1450. The zero-order valence-corrected chi connectivity index (χ0v) is 32.4. The molecule has 4 saturated carbocycles. The van der Waals surface area contributed by atoms with Crippen molar-refractivity contribution in [1.82, 2.24) is 15.1 Å². The lowest BCUT2D eigenvalue weighted by Crippen LogP contribution is -2.56. The molecule has 6 aliphatic rings. The van der Waals surface area contributed by atoms with Gasteiger partial charge in [0, 0.05) is 74.1 Å². The number of carbonyl (C=O) groups excluding carboxylic acids is 6. The first kappa shape index (κ1) is 38.1. The van der Waals surface area contributed by atoms with E-state index in [4.69, 9.17) is 5.73 Å². The predicted molar refractivity (Wildman–Crippen MR) is 194 cm³/mol. The monoisotopic (exact) mass is 708 g/mol. The molecule has 0 aromatic rings. The van der Waals surface area contributed by atoms with Gasteiger partial charge in [-0.25, -0.2) is 0 Å². The van der Waals surface area contributed by atoms with Crippen molar-refractivity contribution in [2.45, 2.75) is 144 Å². The number of likely N-dealkylation sites (tertiary alicyclic amines) is 1. The molecule has 3 N–H and O–H groups in total. The largest absolute Gasteiger partial charge is 0.363 e. The van der Waals surface area contributed by atoms with Crippen LogP contribution in [0.15, 0.2) is 0 Å². The fourth-order valence-corrected chi connectivity index (χ4v) is 11.1. The Morgan fingerprint density at radius 2 is 1.53 bits per heavy atom. The summed E-state index contributed by atoms with van der Waals surface area (Å²) in [5.41, 5.74) is 4.78. The molecule has 0 aromatic carbocycles. The highest BCUT2D eigenvalue weighted by molar-refractivity contribution is 6.36. The highest BCUT2D eigenvalue weighted by Crippen LogP contribution is 2.88. The minimum absolute atomic E-state index is 0.00768. The van der Waals surface area contributed by atoms with Crippen molar-refractivity contribution in [2.75, 3.05) is 26.2 Å². The third kappa shape index (κ3) is 6.62. The SMILES string of the molecule is CC(C)[C@H](CC(=O)C[C@H](C(=O)N1C[C@]2(C[C@H]1C(=O)CC(CC1CCC1)C(=O)C(N)=O)C(C)(C)C21CCC1)C(C)(C)C)C(=O)N1CCNC2(CC2)C1. The molecule has 10 heteroatoms. The van der Waals surface area contributed by atoms with E-state index in [2.05, 4.69) is 19.2 Å². The Kier molecular flexibility index (Phi) is 9.98. The van der Waals surface area contributed by atoms with Crippen molar-refractivity contribution in [2.24, 2.45) is 57.0 Å². The number of Topliss-reactive ketones (excluding diaryl/α,β-unsaturated/α-hetero) is 3. The summed E-state index contributed by atoms with van der Waals surface area (Å²) in [6.07, 6.45) is 9.48. The van der Waals surface area contributed by atoms with Crippen LogP contribution in [0.25, 0.3) is 0 Å². The molecule has 1 unspecified atom stereocenters. The van der Waals surface area contributed by atoms with Gasteiger partial charge in [0.05, 0.1) is 6.04 Å². The smallest absolute Gasteiger partial charge is 0.285 e. The van der Waals surface area contributed by atoms with E-state index in [0.29, 0.717) is 38.4 Å². The summed E-state index contributed by atoms with van der Waals surface area (Å²) in [7, 11) is 0. The van der Waals surface area contributed by atoms with Gasteiger partial charge in [-0.3, -0.25) is 28.8 Å². The third-order valence-corrected chi connectivity index (χ3v) is 15.3. The number of ketones is 3. The number of nitrogens with zero attached hydrogens (tertiary/aromatic N) is 2. The second-order valence-corrected chi connectivity index (χ2v) is 19.6. The maximum absolute atomic E-state index is 14.9. The number of hydrogen-bond donors (Lipinski definition) is 2. The van der Waals surface area contributed by atoms with Crippen LogP contribution in [0.3, 0.4) is 0 Å². The highest BCUT2D eigenvalue weighted by Gasteiger charge is 2.85. The number of amides is 3. The molecule has 4 aliphatic carbocycles. The molecule has 284 valence electrons.